The van der Waals surface area contributed by atoms with Gasteiger partial charge < -0.3 is 20.3 Å². The van der Waals surface area contributed by atoms with Gasteiger partial charge in [0.25, 0.3) is 0 Å². The van der Waals surface area contributed by atoms with Crippen molar-refractivity contribution in [2.45, 2.75) is 77.3 Å². The molecule has 2 rings (SSSR count). The average molecular weight is 566 g/mol. The summed E-state index contributed by atoms with van der Waals surface area (Å²) in [5.74, 6) is -1.72. The van der Waals surface area contributed by atoms with Gasteiger partial charge in [0.1, 0.15) is 12.1 Å². The van der Waals surface area contributed by atoms with Crippen LogP contribution in [-0.2, 0) is 30.3 Å². The topological polar surface area (TPSA) is 105 Å². The van der Waals surface area contributed by atoms with Crippen LogP contribution >= 0.6 is 0 Å². The van der Waals surface area contributed by atoms with Crippen molar-refractivity contribution >= 4 is 23.7 Å². The molecule has 0 aromatic heterocycles. The smallest absolute Gasteiger partial charge is 0.310 e. The molecule has 0 radical (unpaired) electrons. The molecular formula is C33H47N3O5. The monoisotopic (exact) mass is 565 g/mol. The third-order valence-corrected chi connectivity index (χ3v) is 7.09. The van der Waals surface area contributed by atoms with Crippen molar-refractivity contribution < 1.29 is 23.9 Å². The highest BCUT2D eigenvalue weighted by Crippen LogP contribution is 2.20. The number of rotatable bonds is 17. The molecule has 1 aliphatic heterocycles. The van der Waals surface area contributed by atoms with E-state index in [0.717, 1.165) is 18.4 Å². The number of nitrogens with zero attached hydrogens (tertiary/aromatic N) is 1. The Bertz CT molecular complexity index is 1040. The molecule has 3 amide bonds. The Balaban J connectivity index is 2.10. The normalized spacial score (nSPS) is 16.6. The number of amides is 3. The molecule has 1 fully saturated rings. The summed E-state index contributed by atoms with van der Waals surface area (Å²) < 4.78 is 5.44. The van der Waals surface area contributed by atoms with Gasteiger partial charge in [0.2, 0.25) is 17.7 Å². The Morgan fingerprint density at radius 3 is 2.51 bits per heavy atom. The van der Waals surface area contributed by atoms with E-state index in [1.165, 1.54) is 0 Å². The van der Waals surface area contributed by atoms with Crippen LogP contribution in [-0.4, -0.2) is 60.4 Å². The number of nitrogens with one attached hydrogen (secondary N) is 2. The van der Waals surface area contributed by atoms with Crippen molar-refractivity contribution in [1.29, 1.82) is 0 Å². The van der Waals surface area contributed by atoms with Gasteiger partial charge in [-0.2, -0.15) is 0 Å². The van der Waals surface area contributed by atoms with E-state index in [4.69, 9.17) is 4.74 Å². The lowest BCUT2D eigenvalue weighted by atomic mass is 9.96. The van der Waals surface area contributed by atoms with Crippen LogP contribution in [0.1, 0.15) is 64.4 Å². The number of benzene rings is 1. The second-order valence-electron chi connectivity index (χ2n) is 10.8. The summed E-state index contributed by atoms with van der Waals surface area (Å²) in [4.78, 5) is 54.2. The van der Waals surface area contributed by atoms with Crippen molar-refractivity contribution in [3.05, 3.63) is 73.4 Å². The van der Waals surface area contributed by atoms with E-state index in [1.54, 1.807) is 17.1 Å². The van der Waals surface area contributed by atoms with Gasteiger partial charge in [-0.25, -0.2) is 0 Å². The van der Waals surface area contributed by atoms with Gasteiger partial charge in [0.05, 0.1) is 12.5 Å². The first-order chi connectivity index (χ1) is 19.8. The number of unbranched alkanes of at least 4 members (excludes halogenated alkanes) is 2. The van der Waals surface area contributed by atoms with Crippen LogP contribution in [0.3, 0.4) is 0 Å². The Labute approximate surface area is 245 Å². The summed E-state index contributed by atoms with van der Waals surface area (Å²) in [5, 5.41) is 5.80. The number of carbonyl (C=O) groups is 4. The highest BCUT2D eigenvalue weighted by atomic mass is 16.5. The van der Waals surface area contributed by atoms with Gasteiger partial charge in [0, 0.05) is 25.9 Å². The number of likely N-dealkylation sites (tertiary alicyclic amines) is 1. The van der Waals surface area contributed by atoms with Crippen molar-refractivity contribution in [1.82, 2.24) is 15.5 Å². The molecule has 1 heterocycles. The number of carbonyl (C=O) groups excluding carboxylic acids is 4. The van der Waals surface area contributed by atoms with E-state index < -0.39 is 23.9 Å². The van der Waals surface area contributed by atoms with Gasteiger partial charge in [-0.15, -0.1) is 6.58 Å². The van der Waals surface area contributed by atoms with Gasteiger partial charge in [-0.1, -0.05) is 75.1 Å². The predicted octanol–water partition coefficient (Wildman–Crippen LogP) is 4.52. The minimum Gasteiger partial charge on any atom is -0.465 e. The van der Waals surface area contributed by atoms with Crippen LogP contribution in [0.5, 0.6) is 0 Å². The Morgan fingerprint density at radius 2 is 1.83 bits per heavy atom. The fourth-order valence-corrected chi connectivity index (χ4v) is 4.79. The van der Waals surface area contributed by atoms with Gasteiger partial charge in [-0.05, 0) is 50.0 Å². The summed E-state index contributed by atoms with van der Waals surface area (Å²) >= 11 is 0. The average Bonchev–Trinajstić information content (AvgIpc) is 2.97. The third-order valence-electron chi connectivity index (χ3n) is 7.09. The molecule has 41 heavy (non-hydrogen) atoms. The minimum atomic E-state index is -0.838. The Morgan fingerprint density at radius 1 is 1.07 bits per heavy atom. The molecule has 0 unspecified atom stereocenters. The van der Waals surface area contributed by atoms with Crippen LogP contribution in [0.25, 0.3) is 0 Å². The molecule has 8 nitrogen and oxygen atoms in total. The zero-order valence-electron chi connectivity index (χ0n) is 24.7. The quantitative estimate of drug-likeness (QED) is 0.125. The molecule has 0 spiro atoms. The van der Waals surface area contributed by atoms with Gasteiger partial charge >= 0.3 is 5.97 Å². The van der Waals surface area contributed by atoms with Crippen LogP contribution in [0.15, 0.2) is 67.8 Å². The van der Waals surface area contributed by atoms with Crippen LogP contribution in [0.4, 0.5) is 0 Å². The van der Waals surface area contributed by atoms with Crippen molar-refractivity contribution in [3.8, 4) is 0 Å². The second-order valence-corrected chi connectivity index (χ2v) is 10.8. The first-order valence-electron chi connectivity index (χ1n) is 14.7. The summed E-state index contributed by atoms with van der Waals surface area (Å²) in [5.41, 5.74) is 0.902. The maximum Gasteiger partial charge on any atom is 0.310 e. The summed E-state index contributed by atoms with van der Waals surface area (Å²) in [6.45, 7) is 12.1. The van der Waals surface area contributed by atoms with E-state index in [9.17, 15) is 19.2 Å². The van der Waals surface area contributed by atoms with E-state index in [2.05, 4.69) is 23.8 Å². The molecule has 224 valence electrons. The molecule has 8 heteroatoms. The molecule has 1 saturated heterocycles. The molecular weight excluding hydrogens is 518 g/mol. The van der Waals surface area contributed by atoms with Crippen molar-refractivity contribution in [3.63, 3.8) is 0 Å². The number of hydrogen-bond acceptors (Lipinski definition) is 5. The standard InChI is InChI=1S/C33H47N3O5/c1-5-7-9-14-20-29(37)35-30(25(3)4)31(38)34-28(23-26-17-12-11-13-18-26)32(39)36-21-16-19-27(24-36)33(40)41-22-15-10-8-6-2/h5-6,8,10-13,17-18,25,27-28,30H,1-2,7,9,14-16,19-24H2,3-4H3,(H,34,38)(H,35,37)/b10-8+/t27-,28+,30+/m1/s1. The zero-order valence-corrected chi connectivity index (χ0v) is 24.7. The first-order valence-corrected chi connectivity index (χ1v) is 14.7. The maximum atomic E-state index is 13.8. The van der Waals surface area contributed by atoms with E-state index >= 15 is 0 Å². The van der Waals surface area contributed by atoms with Crippen LogP contribution in [0.2, 0.25) is 0 Å². The predicted molar refractivity (Wildman–Crippen MR) is 162 cm³/mol. The number of allylic oxidation sites excluding steroid dienone is 3. The summed E-state index contributed by atoms with van der Waals surface area (Å²) in [6, 6.07) is 7.88. The highest BCUT2D eigenvalue weighted by molar-refractivity contribution is 5.92. The molecule has 0 aliphatic carbocycles. The van der Waals surface area contributed by atoms with Crippen LogP contribution < -0.4 is 10.6 Å². The zero-order chi connectivity index (χ0) is 30.0. The van der Waals surface area contributed by atoms with Crippen LogP contribution in [0, 0.1) is 11.8 Å². The molecule has 2 N–H and O–H groups in total. The number of esters is 1. The lowest BCUT2D eigenvalue weighted by molar-refractivity contribution is -0.152. The maximum absolute atomic E-state index is 13.8. The summed E-state index contributed by atoms with van der Waals surface area (Å²) in [6.07, 6.45) is 12.1. The molecule has 1 aromatic rings. The molecule has 0 saturated carbocycles. The first kappa shape index (κ1) is 33.5. The van der Waals surface area contributed by atoms with E-state index in [-0.39, 0.29) is 36.9 Å². The van der Waals surface area contributed by atoms with Gasteiger partial charge in [0.15, 0.2) is 0 Å². The lowest BCUT2D eigenvalue weighted by Gasteiger charge is -2.35. The third kappa shape index (κ3) is 12.2. The lowest BCUT2D eigenvalue weighted by Crippen LogP contribution is -2.57. The Hall–Kier alpha value is -3.68. The Kier molecular flexibility index (Phi) is 15.2. The van der Waals surface area contributed by atoms with E-state index in [0.29, 0.717) is 45.1 Å². The molecule has 1 aliphatic rings. The number of hydrogen-bond donors (Lipinski definition) is 2. The number of ether oxygens (including phenoxy) is 1. The molecule has 1 aromatic carbocycles. The largest absolute Gasteiger partial charge is 0.465 e. The molecule has 0 bridgehead atoms. The van der Waals surface area contributed by atoms with Crippen molar-refractivity contribution in [2.75, 3.05) is 19.7 Å². The number of piperidine rings is 1. The van der Waals surface area contributed by atoms with Crippen molar-refractivity contribution in [2.24, 2.45) is 11.8 Å². The minimum absolute atomic E-state index is 0.171. The van der Waals surface area contributed by atoms with Gasteiger partial charge in [-0.3, -0.25) is 19.2 Å². The fourth-order valence-electron chi connectivity index (χ4n) is 4.79. The molecule has 3 atom stereocenters. The highest BCUT2D eigenvalue weighted by Gasteiger charge is 2.35. The second kappa shape index (κ2) is 18.6. The van der Waals surface area contributed by atoms with E-state index in [1.807, 2.05) is 56.3 Å². The fraction of sp³-hybridized carbons (Fsp3) is 0.515. The summed E-state index contributed by atoms with van der Waals surface area (Å²) in [7, 11) is 0. The SMILES string of the molecule is C=C/C=C/CCOC(=O)[C@@H]1CCCN(C(=O)[C@H](Cc2ccccc2)NC(=O)[C@@H](NC(=O)CCCCC=C)C(C)C)C1.